The molecular weight excluding hydrogens is 238 g/mol. The van der Waals surface area contributed by atoms with Gasteiger partial charge in [0.25, 0.3) is 0 Å². The van der Waals surface area contributed by atoms with Crippen LogP contribution in [0.3, 0.4) is 0 Å². The van der Waals surface area contributed by atoms with E-state index in [-0.39, 0.29) is 5.92 Å². The lowest BCUT2D eigenvalue weighted by Gasteiger charge is -2.15. The molecule has 5 nitrogen and oxygen atoms in total. The van der Waals surface area contributed by atoms with E-state index in [9.17, 15) is 0 Å². The number of nitrogens with one attached hydrogen (secondary N) is 1. The molecule has 0 fully saturated rings. The van der Waals surface area contributed by atoms with E-state index in [0.717, 1.165) is 29.2 Å². The van der Waals surface area contributed by atoms with Crippen molar-refractivity contribution in [3.8, 4) is 0 Å². The SMILES string of the molecule is CC(C)n1nc([C@@H]2C=CC(N)=CC2)c2c1NCN=C2. The molecule has 1 aliphatic heterocycles. The topological polar surface area (TPSA) is 68.2 Å². The van der Waals surface area contributed by atoms with Gasteiger partial charge in [-0.3, -0.25) is 4.99 Å². The van der Waals surface area contributed by atoms with Crippen molar-refractivity contribution >= 4 is 12.0 Å². The molecule has 0 saturated carbocycles. The quantitative estimate of drug-likeness (QED) is 0.853. The predicted molar refractivity (Wildman–Crippen MR) is 77.5 cm³/mol. The number of allylic oxidation sites excluding steroid dienone is 3. The number of fused-ring (bicyclic) bond motifs is 1. The van der Waals surface area contributed by atoms with Gasteiger partial charge in [-0.2, -0.15) is 5.10 Å². The van der Waals surface area contributed by atoms with Gasteiger partial charge < -0.3 is 11.1 Å². The highest BCUT2D eigenvalue weighted by Crippen LogP contribution is 2.33. The zero-order valence-electron chi connectivity index (χ0n) is 11.3. The molecule has 1 aromatic rings. The smallest absolute Gasteiger partial charge is 0.135 e. The standard InChI is InChI=1S/C14H19N5/c1-9(2)19-14-12(7-16-8-17-14)13(18-19)10-3-5-11(15)6-4-10/h3,5-7,9-10,17H,4,8,15H2,1-2H3/t10-/m1/s1. The first-order chi connectivity index (χ1) is 9.16. The summed E-state index contributed by atoms with van der Waals surface area (Å²) in [5.74, 6) is 1.36. The van der Waals surface area contributed by atoms with Crippen molar-refractivity contribution in [1.29, 1.82) is 0 Å². The number of nitrogens with two attached hydrogens (primary N) is 1. The highest BCUT2D eigenvalue weighted by Gasteiger charge is 2.24. The average molecular weight is 257 g/mol. The minimum Gasteiger partial charge on any atom is -0.399 e. The average Bonchev–Trinajstić information content (AvgIpc) is 2.79. The summed E-state index contributed by atoms with van der Waals surface area (Å²) in [6.45, 7) is 4.90. The normalized spacial score (nSPS) is 21.2. The third-order valence-corrected chi connectivity index (χ3v) is 3.50. The molecule has 0 bridgehead atoms. The number of anilines is 1. The van der Waals surface area contributed by atoms with Crippen LogP contribution in [0.5, 0.6) is 0 Å². The van der Waals surface area contributed by atoms with Gasteiger partial charge in [0.1, 0.15) is 12.5 Å². The molecule has 2 heterocycles. The zero-order chi connectivity index (χ0) is 13.4. The molecular formula is C14H19N5. The molecule has 0 aromatic carbocycles. The van der Waals surface area contributed by atoms with Crippen molar-refractivity contribution in [1.82, 2.24) is 9.78 Å². The summed E-state index contributed by atoms with van der Waals surface area (Å²) in [6, 6.07) is 0.328. The van der Waals surface area contributed by atoms with E-state index in [1.165, 1.54) is 0 Å². The van der Waals surface area contributed by atoms with E-state index in [0.29, 0.717) is 12.7 Å². The van der Waals surface area contributed by atoms with Gasteiger partial charge in [-0.1, -0.05) is 12.2 Å². The van der Waals surface area contributed by atoms with Crippen LogP contribution in [0.25, 0.3) is 0 Å². The van der Waals surface area contributed by atoms with Crippen molar-refractivity contribution in [2.24, 2.45) is 10.7 Å². The Hall–Kier alpha value is -2.04. The molecule has 0 unspecified atom stereocenters. The minimum atomic E-state index is 0.285. The Morgan fingerprint density at radius 3 is 3.00 bits per heavy atom. The molecule has 3 rings (SSSR count). The van der Waals surface area contributed by atoms with Crippen molar-refractivity contribution in [2.75, 3.05) is 12.0 Å². The Kier molecular flexibility index (Phi) is 2.89. The number of aromatic nitrogens is 2. The Morgan fingerprint density at radius 1 is 1.47 bits per heavy atom. The third kappa shape index (κ3) is 2.05. The zero-order valence-corrected chi connectivity index (χ0v) is 11.3. The number of nitrogens with zero attached hydrogens (tertiary/aromatic N) is 3. The minimum absolute atomic E-state index is 0.285. The van der Waals surface area contributed by atoms with Crippen LogP contribution < -0.4 is 11.1 Å². The van der Waals surface area contributed by atoms with E-state index >= 15 is 0 Å². The third-order valence-electron chi connectivity index (χ3n) is 3.50. The van der Waals surface area contributed by atoms with E-state index in [2.05, 4.69) is 36.3 Å². The Labute approximate surface area is 112 Å². The Balaban J connectivity index is 2.03. The van der Waals surface area contributed by atoms with Crippen LogP contribution in [-0.4, -0.2) is 22.7 Å². The van der Waals surface area contributed by atoms with Crippen molar-refractivity contribution in [3.05, 3.63) is 35.2 Å². The Bertz CT molecular complexity index is 577. The summed E-state index contributed by atoms with van der Waals surface area (Å²) in [7, 11) is 0. The van der Waals surface area contributed by atoms with Crippen LogP contribution in [0.2, 0.25) is 0 Å². The first-order valence-electron chi connectivity index (χ1n) is 6.66. The van der Waals surface area contributed by atoms with Crippen LogP contribution in [0.15, 0.2) is 28.9 Å². The fourth-order valence-corrected chi connectivity index (χ4v) is 2.51. The van der Waals surface area contributed by atoms with Gasteiger partial charge in [-0.25, -0.2) is 4.68 Å². The largest absolute Gasteiger partial charge is 0.399 e. The van der Waals surface area contributed by atoms with E-state index < -0.39 is 0 Å². The van der Waals surface area contributed by atoms with Crippen molar-refractivity contribution in [2.45, 2.75) is 32.2 Å². The maximum Gasteiger partial charge on any atom is 0.135 e. The molecule has 0 spiro atoms. The number of hydrogen-bond acceptors (Lipinski definition) is 4. The predicted octanol–water partition coefficient (Wildman–Crippen LogP) is 2.15. The van der Waals surface area contributed by atoms with Crippen LogP contribution in [-0.2, 0) is 0 Å². The highest BCUT2D eigenvalue weighted by atomic mass is 15.4. The fraction of sp³-hybridized carbons (Fsp3) is 0.429. The van der Waals surface area contributed by atoms with Crippen LogP contribution >= 0.6 is 0 Å². The second-order valence-electron chi connectivity index (χ2n) is 5.24. The first-order valence-corrected chi connectivity index (χ1v) is 6.66. The maximum atomic E-state index is 5.78. The summed E-state index contributed by atoms with van der Waals surface area (Å²) in [5.41, 5.74) is 8.81. The van der Waals surface area contributed by atoms with E-state index in [1.54, 1.807) is 0 Å². The van der Waals surface area contributed by atoms with Gasteiger partial charge in [-0.05, 0) is 26.3 Å². The molecule has 5 heteroatoms. The summed E-state index contributed by atoms with van der Waals surface area (Å²) in [6.07, 6.45) is 8.98. The van der Waals surface area contributed by atoms with Gasteiger partial charge in [0.2, 0.25) is 0 Å². The Morgan fingerprint density at radius 2 is 2.32 bits per heavy atom. The lowest BCUT2D eigenvalue weighted by molar-refractivity contribution is 0.528. The van der Waals surface area contributed by atoms with Crippen LogP contribution in [0.4, 0.5) is 5.82 Å². The van der Waals surface area contributed by atoms with Crippen molar-refractivity contribution in [3.63, 3.8) is 0 Å². The fourth-order valence-electron chi connectivity index (χ4n) is 2.51. The monoisotopic (exact) mass is 257 g/mol. The molecule has 1 atom stereocenters. The van der Waals surface area contributed by atoms with Gasteiger partial charge >= 0.3 is 0 Å². The molecule has 100 valence electrons. The van der Waals surface area contributed by atoms with E-state index in [1.807, 2.05) is 17.0 Å². The van der Waals surface area contributed by atoms with Gasteiger partial charge in [0, 0.05) is 23.9 Å². The van der Waals surface area contributed by atoms with Gasteiger partial charge in [0.15, 0.2) is 0 Å². The molecule has 2 aliphatic rings. The lowest BCUT2D eigenvalue weighted by Crippen LogP contribution is -2.13. The van der Waals surface area contributed by atoms with E-state index in [4.69, 9.17) is 10.8 Å². The molecule has 0 radical (unpaired) electrons. The molecule has 19 heavy (non-hydrogen) atoms. The summed E-state index contributed by atoms with van der Waals surface area (Å²) in [4.78, 5) is 4.31. The number of aliphatic imine (C=N–C) groups is 1. The van der Waals surface area contributed by atoms with Crippen LogP contribution in [0, 0.1) is 0 Å². The molecule has 1 aromatic heterocycles. The van der Waals surface area contributed by atoms with Gasteiger partial charge in [0.05, 0.1) is 11.3 Å². The molecule has 1 aliphatic carbocycles. The second kappa shape index (κ2) is 4.57. The first kappa shape index (κ1) is 12.0. The summed E-state index contributed by atoms with van der Waals surface area (Å²) >= 11 is 0. The molecule has 0 saturated heterocycles. The molecule has 3 N–H and O–H groups in total. The molecule has 0 amide bonds. The highest BCUT2D eigenvalue weighted by molar-refractivity contribution is 5.90. The number of rotatable bonds is 2. The van der Waals surface area contributed by atoms with Gasteiger partial charge in [-0.15, -0.1) is 0 Å². The maximum absolute atomic E-state index is 5.78. The second-order valence-corrected chi connectivity index (χ2v) is 5.24. The summed E-state index contributed by atoms with van der Waals surface area (Å²) in [5, 5.41) is 8.10. The van der Waals surface area contributed by atoms with Crippen molar-refractivity contribution < 1.29 is 0 Å². The van der Waals surface area contributed by atoms with Crippen LogP contribution in [0.1, 0.15) is 43.5 Å². The lowest BCUT2D eigenvalue weighted by atomic mass is 9.93. The number of hydrogen-bond donors (Lipinski definition) is 2. The summed E-state index contributed by atoms with van der Waals surface area (Å²) < 4.78 is 2.05.